The third-order valence-corrected chi connectivity index (χ3v) is 4.95. The fourth-order valence-electron chi connectivity index (χ4n) is 2.96. The lowest BCUT2D eigenvalue weighted by Gasteiger charge is -2.10. The van der Waals surface area contributed by atoms with E-state index in [4.69, 9.17) is 0 Å². The normalized spacial score (nSPS) is 10.6. The number of aryl methyl sites for hydroxylation is 4. The molecular formula is C24H22O2. The molecule has 0 aliphatic rings. The van der Waals surface area contributed by atoms with Crippen LogP contribution in [0.1, 0.15) is 54.1 Å². The van der Waals surface area contributed by atoms with E-state index in [2.05, 4.69) is 0 Å². The summed E-state index contributed by atoms with van der Waals surface area (Å²) in [6.45, 7) is 8.00. The first-order valence-corrected chi connectivity index (χ1v) is 8.71. The molecule has 0 radical (unpaired) electrons. The SMILES string of the molecule is Cc1ccc(C(=O)c2ccccc2C(=O)c2ccc(C)c(C)c2)cc1C. The molecule has 0 amide bonds. The summed E-state index contributed by atoms with van der Waals surface area (Å²) >= 11 is 0. The van der Waals surface area contributed by atoms with Crippen molar-refractivity contribution in [3.8, 4) is 0 Å². The van der Waals surface area contributed by atoms with E-state index in [-0.39, 0.29) is 11.6 Å². The second-order valence-electron chi connectivity index (χ2n) is 6.80. The fourth-order valence-corrected chi connectivity index (χ4v) is 2.96. The average Bonchev–Trinajstić information content (AvgIpc) is 2.65. The molecule has 0 bridgehead atoms. The molecule has 0 saturated heterocycles. The molecule has 0 aliphatic carbocycles. The van der Waals surface area contributed by atoms with E-state index in [1.54, 1.807) is 24.3 Å². The predicted octanol–water partition coefficient (Wildman–Crippen LogP) is 5.38. The summed E-state index contributed by atoms with van der Waals surface area (Å²) in [4.78, 5) is 26.1. The molecule has 2 heteroatoms. The van der Waals surface area contributed by atoms with Gasteiger partial charge in [-0.2, -0.15) is 0 Å². The number of hydrogen-bond acceptors (Lipinski definition) is 2. The van der Waals surface area contributed by atoms with Crippen LogP contribution in [0, 0.1) is 27.7 Å². The van der Waals surface area contributed by atoms with Crippen molar-refractivity contribution < 1.29 is 9.59 Å². The van der Waals surface area contributed by atoms with Crippen LogP contribution in [0.3, 0.4) is 0 Å². The van der Waals surface area contributed by atoms with Gasteiger partial charge in [0.15, 0.2) is 11.6 Å². The Kier molecular flexibility index (Phi) is 4.85. The first-order valence-electron chi connectivity index (χ1n) is 8.71. The molecule has 0 aromatic heterocycles. The lowest BCUT2D eigenvalue weighted by atomic mass is 9.91. The van der Waals surface area contributed by atoms with E-state index in [0.29, 0.717) is 22.3 Å². The van der Waals surface area contributed by atoms with Crippen molar-refractivity contribution in [3.05, 3.63) is 105 Å². The zero-order chi connectivity index (χ0) is 18.8. The molecule has 0 atom stereocenters. The van der Waals surface area contributed by atoms with Crippen LogP contribution < -0.4 is 0 Å². The second kappa shape index (κ2) is 7.09. The molecule has 0 aliphatic heterocycles. The molecule has 0 unspecified atom stereocenters. The summed E-state index contributed by atoms with van der Waals surface area (Å²) in [5, 5.41) is 0. The summed E-state index contributed by atoms with van der Waals surface area (Å²) in [7, 11) is 0. The molecule has 26 heavy (non-hydrogen) atoms. The van der Waals surface area contributed by atoms with Gasteiger partial charge in [0.05, 0.1) is 0 Å². The third-order valence-electron chi connectivity index (χ3n) is 4.95. The standard InChI is InChI=1S/C24H22O2/c1-15-9-11-19(13-17(15)3)23(25)21-7-5-6-8-22(21)24(26)20-12-10-16(2)18(4)14-20/h5-14H,1-4H3. The van der Waals surface area contributed by atoms with E-state index in [0.717, 1.165) is 22.3 Å². The Bertz CT molecular complexity index is 930. The maximum atomic E-state index is 13.0. The van der Waals surface area contributed by atoms with Crippen LogP contribution in [0.15, 0.2) is 60.7 Å². The first kappa shape index (κ1) is 17.8. The van der Waals surface area contributed by atoms with Crippen LogP contribution >= 0.6 is 0 Å². The molecule has 0 spiro atoms. The molecular weight excluding hydrogens is 320 g/mol. The minimum Gasteiger partial charge on any atom is -0.289 e. The molecule has 0 fully saturated rings. The van der Waals surface area contributed by atoms with E-state index < -0.39 is 0 Å². The quantitative estimate of drug-likeness (QED) is 0.596. The van der Waals surface area contributed by atoms with Crippen molar-refractivity contribution in [1.29, 1.82) is 0 Å². The summed E-state index contributed by atoms with van der Waals surface area (Å²) in [6.07, 6.45) is 0. The van der Waals surface area contributed by atoms with Gasteiger partial charge < -0.3 is 0 Å². The van der Waals surface area contributed by atoms with Crippen LogP contribution in [0.25, 0.3) is 0 Å². The van der Waals surface area contributed by atoms with E-state index in [1.165, 1.54) is 0 Å². The smallest absolute Gasteiger partial charge is 0.193 e. The van der Waals surface area contributed by atoms with Crippen molar-refractivity contribution in [2.75, 3.05) is 0 Å². The van der Waals surface area contributed by atoms with Crippen LogP contribution in [0.4, 0.5) is 0 Å². The molecule has 0 heterocycles. The van der Waals surface area contributed by atoms with Crippen LogP contribution in [-0.2, 0) is 0 Å². The van der Waals surface area contributed by atoms with Gasteiger partial charge in [-0.3, -0.25) is 9.59 Å². The molecule has 0 saturated carbocycles. The van der Waals surface area contributed by atoms with Crippen molar-refractivity contribution in [2.24, 2.45) is 0 Å². The lowest BCUT2D eigenvalue weighted by Crippen LogP contribution is -2.11. The number of carbonyl (C=O) groups is 2. The highest BCUT2D eigenvalue weighted by molar-refractivity contribution is 6.19. The van der Waals surface area contributed by atoms with Crippen molar-refractivity contribution in [3.63, 3.8) is 0 Å². The van der Waals surface area contributed by atoms with Crippen LogP contribution in [0.2, 0.25) is 0 Å². The molecule has 3 aromatic rings. The van der Waals surface area contributed by atoms with Crippen molar-refractivity contribution >= 4 is 11.6 Å². The molecule has 3 aromatic carbocycles. The number of rotatable bonds is 4. The van der Waals surface area contributed by atoms with Gasteiger partial charge >= 0.3 is 0 Å². The Morgan fingerprint density at radius 1 is 0.538 bits per heavy atom. The Labute approximate surface area is 154 Å². The Morgan fingerprint density at radius 2 is 0.923 bits per heavy atom. The second-order valence-corrected chi connectivity index (χ2v) is 6.80. The van der Waals surface area contributed by atoms with Gasteiger partial charge in [0.25, 0.3) is 0 Å². The number of benzene rings is 3. The zero-order valence-electron chi connectivity index (χ0n) is 15.6. The van der Waals surface area contributed by atoms with Gasteiger partial charge in [0, 0.05) is 22.3 Å². The highest BCUT2D eigenvalue weighted by Crippen LogP contribution is 2.21. The van der Waals surface area contributed by atoms with Crippen LogP contribution in [0.5, 0.6) is 0 Å². The van der Waals surface area contributed by atoms with Crippen molar-refractivity contribution in [2.45, 2.75) is 27.7 Å². The summed E-state index contributed by atoms with van der Waals surface area (Å²) in [6, 6.07) is 18.3. The molecule has 0 N–H and O–H groups in total. The van der Waals surface area contributed by atoms with Gasteiger partial charge in [-0.1, -0.05) is 48.5 Å². The zero-order valence-corrected chi connectivity index (χ0v) is 15.6. The molecule has 130 valence electrons. The first-order chi connectivity index (χ1) is 12.4. The van der Waals surface area contributed by atoms with Gasteiger partial charge in [-0.05, 0) is 62.1 Å². The van der Waals surface area contributed by atoms with E-state index in [1.807, 2.05) is 64.1 Å². The Balaban J connectivity index is 2.05. The highest BCUT2D eigenvalue weighted by atomic mass is 16.1. The fraction of sp³-hybridized carbons (Fsp3) is 0.167. The summed E-state index contributed by atoms with van der Waals surface area (Å²) in [5.74, 6) is -0.248. The number of ketones is 2. The topological polar surface area (TPSA) is 34.1 Å². The molecule has 3 rings (SSSR count). The van der Waals surface area contributed by atoms with E-state index in [9.17, 15) is 9.59 Å². The van der Waals surface area contributed by atoms with Crippen LogP contribution in [-0.4, -0.2) is 11.6 Å². The number of carbonyl (C=O) groups excluding carboxylic acids is 2. The minimum absolute atomic E-state index is 0.124. The predicted molar refractivity (Wildman–Crippen MR) is 105 cm³/mol. The van der Waals surface area contributed by atoms with Gasteiger partial charge in [0.1, 0.15) is 0 Å². The molecule has 2 nitrogen and oxygen atoms in total. The Hall–Kier alpha value is -3.00. The van der Waals surface area contributed by atoms with E-state index >= 15 is 0 Å². The van der Waals surface area contributed by atoms with Gasteiger partial charge in [0.2, 0.25) is 0 Å². The minimum atomic E-state index is -0.124. The van der Waals surface area contributed by atoms with Gasteiger partial charge in [-0.15, -0.1) is 0 Å². The average molecular weight is 342 g/mol. The summed E-state index contributed by atoms with van der Waals surface area (Å²) < 4.78 is 0. The Morgan fingerprint density at radius 3 is 1.27 bits per heavy atom. The monoisotopic (exact) mass is 342 g/mol. The number of hydrogen-bond donors (Lipinski definition) is 0. The van der Waals surface area contributed by atoms with Gasteiger partial charge in [-0.25, -0.2) is 0 Å². The highest BCUT2D eigenvalue weighted by Gasteiger charge is 2.19. The van der Waals surface area contributed by atoms with Crippen molar-refractivity contribution in [1.82, 2.24) is 0 Å². The third kappa shape index (κ3) is 3.36. The maximum Gasteiger partial charge on any atom is 0.193 e. The summed E-state index contributed by atoms with van der Waals surface area (Å²) in [5.41, 5.74) is 6.50. The lowest BCUT2D eigenvalue weighted by molar-refractivity contribution is 0.100. The maximum absolute atomic E-state index is 13.0. The largest absolute Gasteiger partial charge is 0.289 e.